The van der Waals surface area contributed by atoms with Crippen molar-refractivity contribution >= 4 is 35.1 Å². The minimum absolute atomic E-state index is 0.0152. The molecule has 2 fully saturated rings. The van der Waals surface area contributed by atoms with E-state index in [-0.39, 0.29) is 37.6 Å². The summed E-state index contributed by atoms with van der Waals surface area (Å²) < 4.78 is 11.1. The van der Waals surface area contributed by atoms with Crippen molar-refractivity contribution in [2.24, 2.45) is 16.5 Å². The molecule has 3 N–H and O–H groups in total. The van der Waals surface area contributed by atoms with Crippen molar-refractivity contribution in [3.05, 3.63) is 23.3 Å². The zero-order valence-corrected chi connectivity index (χ0v) is 30.9. The zero-order chi connectivity index (χ0) is 36.8. The van der Waals surface area contributed by atoms with E-state index in [1.165, 1.54) is 18.4 Å². The molecule has 4 rings (SSSR count). The first-order valence-corrected chi connectivity index (χ1v) is 17.8. The number of rotatable bonds is 13. The fourth-order valence-electron chi connectivity index (χ4n) is 7.35. The highest BCUT2D eigenvalue weighted by atomic mass is 16.7. The van der Waals surface area contributed by atoms with E-state index in [1.807, 2.05) is 40.7 Å². The van der Waals surface area contributed by atoms with Crippen LogP contribution >= 0.6 is 0 Å². The highest BCUT2D eigenvalue weighted by molar-refractivity contribution is 6.38. The number of nitrogens with one attached hydrogen (secondary N) is 3. The van der Waals surface area contributed by atoms with E-state index in [0.717, 1.165) is 31.2 Å². The van der Waals surface area contributed by atoms with Crippen LogP contribution in [0.5, 0.6) is 11.5 Å². The van der Waals surface area contributed by atoms with Gasteiger partial charge in [-0.15, -0.1) is 0 Å². The molecule has 1 aromatic carbocycles. The molecule has 0 bridgehead atoms. The summed E-state index contributed by atoms with van der Waals surface area (Å²) in [7, 11) is 4.49. The molecule has 1 aromatic rings. The van der Waals surface area contributed by atoms with Crippen LogP contribution in [0.25, 0.3) is 0 Å². The lowest BCUT2D eigenvalue weighted by molar-refractivity contribution is -0.145. The Morgan fingerprint density at radius 1 is 1.04 bits per heavy atom. The van der Waals surface area contributed by atoms with Gasteiger partial charge in [0.1, 0.15) is 23.6 Å². The summed E-state index contributed by atoms with van der Waals surface area (Å²) in [6, 6.07) is 0.609. The Balaban J connectivity index is 1.65. The van der Waals surface area contributed by atoms with E-state index < -0.39 is 52.6 Å². The summed E-state index contributed by atoms with van der Waals surface area (Å²) in [6.45, 7) is 9.40. The summed E-state index contributed by atoms with van der Waals surface area (Å²) in [6.07, 6.45) is 6.82. The number of carbonyl (C=O) groups is 5. The van der Waals surface area contributed by atoms with E-state index in [4.69, 9.17) is 14.3 Å². The largest absolute Gasteiger partial charge is 0.496 e. The Labute approximate surface area is 295 Å². The van der Waals surface area contributed by atoms with Gasteiger partial charge in [0.25, 0.3) is 5.91 Å². The topological polar surface area (TPSA) is 165 Å². The van der Waals surface area contributed by atoms with Gasteiger partial charge in [0.15, 0.2) is 5.60 Å². The number of amides is 4. The highest BCUT2D eigenvalue weighted by Crippen LogP contribution is 2.42. The van der Waals surface area contributed by atoms with Gasteiger partial charge in [-0.1, -0.05) is 58.5 Å². The Kier molecular flexibility index (Phi) is 12.6. The van der Waals surface area contributed by atoms with Crippen molar-refractivity contribution in [2.45, 2.75) is 123 Å². The van der Waals surface area contributed by atoms with Crippen molar-refractivity contribution < 1.29 is 38.3 Å². The molecule has 4 amide bonds. The molecule has 1 saturated heterocycles. The number of methoxy groups -OCH3 is 2. The first-order chi connectivity index (χ1) is 23.7. The molecule has 4 atom stereocenters. The number of oxime groups is 1. The number of hydrogen-bond acceptors (Lipinski definition) is 9. The van der Waals surface area contributed by atoms with E-state index >= 15 is 0 Å². The van der Waals surface area contributed by atoms with Crippen molar-refractivity contribution in [3.8, 4) is 11.5 Å². The smallest absolute Gasteiger partial charge is 0.289 e. The average Bonchev–Trinajstić information content (AvgIpc) is 3.69. The summed E-state index contributed by atoms with van der Waals surface area (Å²) in [5, 5.41) is 12.6. The number of ketones is 1. The first-order valence-electron chi connectivity index (χ1n) is 17.8. The zero-order valence-electron chi connectivity index (χ0n) is 30.9. The van der Waals surface area contributed by atoms with Crippen molar-refractivity contribution in [2.75, 3.05) is 27.8 Å². The van der Waals surface area contributed by atoms with Crippen LogP contribution in [0.1, 0.15) is 103 Å². The first kappa shape index (κ1) is 38.6. The molecule has 3 aliphatic rings. The van der Waals surface area contributed by atoms with Crippen LogP contribution in [0.4, 0.5) is 0 Å². The third kappa shape index (κ3) is 8.76. The molecule has 0 aromatic heterocycles. The molecule has 0 unspecified atom stereocenters. The lowest BCUT2D eigenvalue weighted by Crippen LogP contribution is -2.59. The van der Waals surface area contributed by atoms with Gasteiger partial charge in [-0.05, 0) is 49.1 Å². The number of hydrogen-bond donors (Lipinski definition) is 3. The number of ether oxygens (including phenoxy) is 2. The molecule has 1 aliphatic carbocycles. The third-order valence-corrected chi connectivity index (χ3v) is 10.1. The molecule has 13 nitrogen and oxygen atoms in total. The van der Waals surface area contributed by atoms with Gasteiger partial charge in [0.05, 0.1) is 32.5 Å². The molecular weight excluding hydrogens is 642 g/mol. The Morgan fingerprint density at radius 3 is 2.32 bits per heavy atom. The second-order valence-corrected chi connectivity index (χ2v) is 15.1. The van der Waals surface area contributed by atoms with Crippen LogP contribution in [-0.4, -0.2) is 91.6 Å². The number of benzene rings is 1. The number of aryl methyl sites for hydroxylation is 1. The second kappa shape index (κ2) is 16.2. The van der Waals surface area contributed by atoms with Crippen LogP contribution in [0, 0.1) is 18.3 Å². The second-order valence-electron chi connectivity index (χ2n) is 15.1. The van der Waals surface area contributed by atoms with E-state index in [1.54, 1.807) is 20.3 Å². The third-order valence-electron chi connectivity index (χ3n) is 10.1. The predicted molar refractivity (Wildman–Crippen MR) is 188 cm³/mol. The normalized spacial score (nSPS) is 21.9. The monoisotopic (exact) mass is 697 g/mol. The summed E-state index contributed by atoms with van der Waals surface area (Å²) in [5.74, 6) is -1.30. The Morgan fingerprint density at radius 2 is 1.72 bits per heavy atom. The van der Waals surface area contributed by atoms with Crippen molar-refractivity contribution in [1.82, 2.24) is 20.9 Å². The quantitative estimate of drug-likeness (QED) is 0.263. The molecule has 2 aliphatic heterocycles. The van der Waals surface area contributed by atoms with Gasteiger partial charge in [-0.3, -0.25) is 24.0 Å². The SMILES string of the molecule is CCC[C@H](NC(=O)[C@@H]1C[C@]2(CC(c3cc(C)c(OC)cc3OC)=NO2)CN1C(=O)[C@@H](NC(=O)CC1CCCCC1)C(C)(C)C)C(=O)C(=O)NC. The van der Waals surface area contributed by atoms with Crippen LogP contribution in [0.3, 0.4) is 0 Å². The minimum Gasteiger partial charge on any atom is -0.496 e. The molecule has 50 heavy (non-hydrogen) atoms. The molecule has 1 saturated carbocycles. The van der Waals surface area contributed by atoms with Gasteiger partial charge in [0, 0.05) is 37.9 Å². The lowest BCUT2D eigenvalue weighted by Gasteiger charge is -2.36. The maximum absolute atomic E-state index is 14.6. The molecular formula is C37H55N5O8. The fourth-order valence-corrected chi connectivity index (χ4v) is 7.35. The number of nitrogens with zero attached hydrogens (tertiary/aromatic N) is 2. The van der Waals surface area contributed by atoms with Gasteiger partial charge in [0.2, 0.25) is 23.5 Å². The van der Waals surface area contributed by atoms with Crippen LogP contribution < -0.4 is 25.4 Å². The summed E-state index contributed by atoms with van der Waals surface area (Å²) >= 11 is 0. The van der Waals surface area contributed by atoms with Gasteiger partial charge in [-0.25, -0.2) is 0 Å². The summed E-state index contributed by atoms with van der Waals surface area (Å²) in [4.78, 5) is 74.9. The van der Waals surface area contributed by atoms with Crippen LogP contribution in [0.2, 0.25) is 0 Å². The Bertz CT molecular complexity index is 1480. The molecule has 1 spiro atoms. The Hall–Kier alpha value is -4.16. The van der Waals surface area contributed by atoms with E-state index in [9.17, 15) is 24.0 Å². The van der Waals surface area contributed by atoms with Gasteiger partial charge >= 0.3 is 0 Å². The molecule has 276 valence electrons. The maximum Gasteiger partial charge on any atom is 0.289 e. The standard InChI is InChI=1S/C37H55N5O8/c1-9-13-25(31(44)34(46)38-6)39-33(45)27-20-37(19-26(41-50-37)24-16-22(2)28(48-7)18-29(24)49-8)21-42(27)35(47)32(36(3,4)5)40-30(43)17-23-14-11-10-12-15-23/h16,18,23,25,27,32H,9-15,17,19-21H2,1-8H3,(H,38,46)(H,39,45)(H,40,43)/t25-,27-,32+,37+/m0/s1. The molecule has 0 radical (unpaired) electrons. The average molecular weight is 698 g/mol. The van der Waals surface area contributed by atoms with E-state index in [2.05, 4.69) is 21.1 Å². The highest BCUT2D eigenvalue weighted by Gasteiger charge is 2.56. The number of likely N-dealkylation sites (N-methyl/N-ethyl adjacent to an activating group) is 1. The molecule has 2 heterocycles. The van der Waals surface area contributed by atoms with Gasteiger partial charge in [-0.2, -0.15) is 0 Å². The van der Waals surface area contributed by atoms with Gasteiger partial charge < -0.3 is 35.2 Å². The number of Topliss-reactive ketones (excluding diaryl/α,β-unsaturated/α-hetero) is 1. The van der Waals surface area contributed by atoms with Crippen LogP contribution in [0.15, 0.2) is 17.3 Å². The lowest BCUT2D eigenvalue weighted by atomic mass is 9.84. The predicted octanol–water partition coefficient (Wildman–Crippen LogP) is 3.58. The van der Waals surface area contributed by atoms with Crippen molar-refractivity contribution in [3.63, 3.8) is 0 Å². The van der Waals surface area contributed by atoms with Crippen LogP contribution in [-0.2, 0) is 28.8 Å². The molecule has 13 heteroatoms. The van der Waals surface area contributed by atoms with Crippen molar-refractivity contribution in [1.29, 1.82) is 0 Å². The number of carbonyl (C=O) groups excluding carboxylic acids is 5. The van der Waals surface area contributed by atoms with E-state index in [0.29, 0.717) is 35.6 Å². The fraction of sp³-hybridized carbons (Fsp3) is 0.676. The maximum atomic E-state index is 14.6. The minimum atomic E-state index is -1.07. The summed E-state index contributed by atoms with van der Waals surface area (Å²) in [5.41, 5.74) is 0.406. The number of likely N-dealkylation sites (tertiary alicyclic amines) is 1.